The number of amides is 1. The van der Waals surface area contributed by atoms with Crippen molar-refractivity contribution in [2.24, 2.45) is 0 Å². The second kappa shape index (κ2) is 4.78. The summed E-state index contributed by atoms with van der Waals surface area (Å²) in [6, 6.07) is 3.59. The van der Waals surface area contributed by atoms with Gasteiger partial charge in [-0.3, -0.25) is 4.79 Å². The van der Waals surface area contributed by atoms with E-state index in [2.05, 4.69) is 5.32 Å². The van der Waals surface area contributed by atoms with Crippen molar-refractivity contribution in [1.29, 1.82) is 0 Å². The van der Waals surface area contributed by atoms with Crippen molar-refractivity contribution in [1.82, 2.24) is 5.32 Å². The summed E-state index contributed by atoms with van der Waals surface area (Å²) in [5.41, 5.74) is -0.561. The highest BCUT2D eigenvalue weighted by atomic mass is 35.5. The Morgan fingerprint density at radius 2 is 2.11 bits per heavy atom. The molecule has 0 spiro atoms. The van der Waals surface area contributed by atoms with E-state index in [0.29, 0.717) is 5.56 Å². The molecular weight excluding hydrogens is 271 g/mol. The number of nitrogens with one attached hydrogen (secondary N) is 1. The van der Waals surface area contributed by atoms with Gasteiger partial charge in [-0.15, -0.1) is 0 Å². The molecule has 0 aliphatic carbocycles. The molecule has 1 aromatic rings. The van der Waals surface area contributed by atoms with Crippen LogP contribution in [-0.2, 0) is 15.7 Å². The number of alkyl halides is 3. The number of morpholine rings is 1. The van der Waals surface area contributed by atoms with Gasteiger partial charge in [-0.05, 0) is 17.7 Å². The molecule has 1 aliphatic rings. The van der Waals surface area contributed by atoms with Gasteiger partial charge in [-0.2, -0.15) is 13.2 Å². The largest absolute Gasteiger partial charge is 0.417 e. The van der Waals surface area contributed by atoms with Crippen LogP contribution in [0.15, 0.2) is 18.2 Å². The molecule has 7 heteroatoms. The maximum Gasteiger partial charge on any atom is 0.417 e. The van der Waals surface area contributed by atoms with Crippen LogP contribution in [0.3, 0.4) is 0 Å². The Labute approximate surface area is 106 Å². The van der Waals surface area contributed by atoms with Gasteiger partial charge in [-0.25, -0.2) is 0 Å². The third-order valence-corrected chi connectivity index (χ3v) is 2.90. The minimum Gasteiger partial charge on any atom is -0.362 e. The first-order chi connectivity index (χ1) is 8.38. The van der Waals surface area contributed by atoms with E-state index in [0.717, 1.165) is 6.07 Å². The third-order valence-electron chi connectivity index (χ3n) is 2.57. The molecule has 3 nitrogen and oxygen atoms in total. The predicted octanol–water partition coefficient (Wildman–Crippen LogP) is 2.55. The quantitative estimate of drug-likeness (QED) is 0.858. The Balaban J connectivity index is 2.27. The Hall–Kier alpha value is -1.27. The van der Waals surface area contributed by atoms with E-state index in [1.165, 1.54) is 12.1 Å². The molecule has 0 saturated carbocycles. The first kappa shape index (κ1) is 13.2. The average molecular weight is 280 g/mol. The van der Waals surface area contributed by atoms with Gasteiger partial charge in [0.1, 0.15) is 12.7 Å². The molecule has 1 aromatic carbocycles. The fourth-order valence-electron chi connectivity index (χ4n) is 1.67. The van der Waals surface area contributed by atoms with Crippen LogP contribution in [0.4, 0.5) is 13.2 Å². The van der Waals surface area contributed by atoms with Gasteiger partial charge in [0.2, 0.25) is 5.91 Å². The first-order valence-corrected chi connectivity index (χ1v) is 5.50. The topological polar surface area (TPSA) is 38.3 Å². The molecule has 0 bridgehead atoms. The molecule has 1 heterocycles. The lowest BCUT2D eigenvalue weighted by molar-refractivity contribution is -0.138. The van der Waals surface area contributed by atoms with Gasteiger partial charge in [0.05, 0.1) is 10.6 Å². The summed E-state index contributed by atoms with van der Waals surface area (Å²) < 4.78 is 43.2. The maximum absolute atomic E-state index is 12.7. The number of ether oxygens (including phenoxy) is 1. The number of hydrogen-bond acceptors (Lipinski definition) is 2. The van der Waals surface area contributed by atoms with Crippen molar-refractivity contribution in [2.45, 2.75) is 12.3 Å². The normalized spacial score (nSPS) is 20.7. The number of carbonyl (C=O) groups excluding carboxylic acids is 1. The molecule has 1 atom stereocenters. The summed E-state index contributed by atoms with van der Waals surface area (Å²) in [4.78, 5) is 10.9. The van der Waals surface area contributed by atoms with E-state index < -0.39 is 17.8 Å². The van der Waals surface area contributed by atoms with Crippen molar-refractivity contribution in [3.63, 3.8) is 0 Å². The zero-order valence-corrected chi connectivity index (χ0v) is 9.81. The zero-order chi connectivity index (χ0) is 13.3. The fourth-order valence-corrected chi connectivity index (χ4v) is 1.89. The minimum atomic E-state index is -4.51. The number of carbonyl (C=O) groups is 1. The molecule has 1 fully saturated rings. The van der Waals surface area contributed by atoms with Crippen molar-refractivity contribution < 1.29 is 22.7 Å². The van der Waals surface area contributed by atoms with Crippen LogP contribution in [-0.4, -0.2) is 19.1 Å². The van der Waals surface area contributed by atoms with Crippen molar-refractivity contribution in [3.05, 3.63) is 34.3 Å². The Bertz CT molecular complexity index is 466. The molecule has 1 N–H and O–H groups in total. The minimum absolute atomic E-state index is 0.151. The lowest BCUT2D eigenvalue weighted by atomic mass is 10.0. The monoisotopic (exact) mass is 279 g/mol. The van der Waals surface area contributed by atoms with Crippen molar-refractivity contribution >= 4 is 17.5 Å². The summed E-state index contributed by atoms with van der Waals surface area (Å²) in [5, 5.41) is 2.17. The van der Waals surface area contributed by atoms with E-state index in [4.69, 9.17) is 16.3 Å². The van der Waals surface area contributed by atoms with E-state index in [1.54, 1.807) is 0 Å². The molecule has 0 radical (unpaired) electrons. The summed E-state index contributed by atoms with van der Waals surface area (Å²) >= 11 is 5.51. The molecule has 98 valence electrons. The lowest BCUT2D eigenvalue weighted by Gasteiger charge is -2.24. The van der Waals surface area contributed by atoms with E-state index in [-0.39, 0.29) is 24.1 Å². The summed E-state index contributed by atoms with van der Waals surface area (Å²) in [6.07, 6.45) is -5.09. The third kappa shape index (κ3) is 2.76. The van der Waals surface area contributed by atoms with Crippen LogP contribution < -0.4 is 5.32 Å². The summed E-state index contributed by atoms with van der Waals surface area (Å²) in [7, 11) is 0. The van der Waals surface area contributed by atoms with E-state index >= 15 is 0 Å². The van der Waals surface area contributed by atoms with Gasteiger partial charge in [0.15, 0.2) is 0 Å². The smallest absolute Gasteiger partial charge is 0.362 e. The highest BCUT2D eigenvalue weighted by Gasteiger charge is 2.34. The zero-order valence-electron chi connectivity index (χ0n) is 9.05. The van der Waals surface area contributed by atoms with Gasteiger partial charge < -0.3 is 10.1 Å². The van der Waals surface area contributed by atoms with Crippen LogP contribution in [0.2, 0.25) is 5.02 Å². The Morgan fingerprint density at radius 3 is 2.67 bits per heavy atom. The number of benzene rings is 1. The maximum atomic E-state index is 12.7. The Kier molecular flexibility index (Phi) is 3.49. The summed E-state index contributed by atoms with van der Waals surface area (Å²) in [6.45, 7) is -0.00753. The molecule has 2 rings (SSSR count). The van der Waals surface area contributed by atoms with E-state index in [9.17, 15) is 18.0 Å². The van der Waals surface area contributed by atoms with Crippen LogP contribution in [0.5, 0.6) is 0 Å². The second-order valence-corrected chi connectivity index (χ2v) is 4.25. The molecule has 0 aromatic heterocycles. The highest BCUT2D eigenvalue weighted by molar-refractivity contribution is 6.31. The predicted molar refractivity (Wildman–Crippen MR) is 58.2 cm³/mol. The molecule has 18 heavy (non-hydrogen) atoms. The van der Waals surface area contributed by atoms with Gasteiger partial charge in [-0.1, -0.05) is 17.7 Å². The molecule has 1 saturated heterocycles. The lowest BCUT2D eigenvalue weighted by Crippen LogP contribution is -2.38. The first-order valence-electron chi connectivity index (χ1n) is 5.13. The number of rotatable bonds is 1. The highest BCUT2D eigenvalue weighted by Crippen LogP contribution is 2.36. The second-order valence-electron chi connectivity index (χ2n) is 3.84. The fraction of sp³-hybridized carbons (Fsp3) is 0.364. The standard InChI is InChI=1S/C11H9ClF3NO2/c12-8-2-1-6(3-7(8)11(13,14)15)9-4-16-10(17)5-18-9/h1-3,9H,4-5H2,(H,16,17). The number of halogens is 4. The Morgan fingerprint density at radius 1 is 1.39 bits per heavy atom. The van der Waals surface area contributed by atoms with Gasteiger partial charge >= 0.3 is 6.18 Å². The number of hydrogen-bond donors (Lipinski definition) is 1. The molecule has 1 unspecified atom stereocenters. The van der Waals surface area contributed by atoms with Crippen molar-refractivity contribution in [2.75, 3.05) is 13.2 Å². The van der Waals surface area contributed by atoms with Crippen LogP contribution in [0.1, 0.15) is 17.2 Å². The van der Waals surface area contributed by atoms with Gasteiger partial charge in [0, 0.05) is 6.54 Å². The summed E-state index contributed by atoms with van der Waals surface area (Å²) in [5.74, 6) is -0.281. The van der Waals surface area contributed by atoms with Crippen molar-refractivity contribution in [3.8, 4) is 0 Å². The van der Waals surface area contributed by atoms with Gasteiger partial charge in [0.25, 0.3) is 0 Å². The van der Waals surface area contributed by atoms with E-state index in [1.807, 2.05) is 0 Å². The molecular formula is C11H9ClF3NO2. The molecule has 1 aliphatic heterocycles. The average Bonchev–Trinajstić information content (AvgIpc) is 2.29. The van der Waals surface area contributed by atoms with Crippen LogP contribution >= 0.6 is 11.6 Å². The van der Waals surface area contributed by atoms with Crippen LogP contribution in [0.25, 0.3) is 0 Å². The van der Waals surface area contributed by atoms with Crippen LogP contribution in [0, 0.1) is 0 Å². The SMILES string of the molecule is O=C1COC(c2ccc(Cl)c(C(F)(F)F)c2)CN1. The molecule has 1 amide bonds.